The van der Waals surface area contributed by atoms with Crippen molar-refractivity contribution in [2.75, 3.05) is 11.5 Å². The summed E-state index contributed by atoms with van der Waals surface area (Å²) in [5, 5.41) is 0. The second kappa shape index (κ2) is 4.02. The molecule has 0 saturated carbocycles. The molecule has 0 aliphatic carbocycles. The van der Waals surface area contributed by atoms with E-state index in [0.717, 1.165) is 24.5 Å². The van der Waals surface area contributed by atoms with Gasteiger partial charge < -0.3 is 0 Å². The summed E-state index contributed by atoms with van der Waals surface area (Å²) in [5.74, 6) is 3.19. The molecule has 1 aliphatic rings. The molecule has 0 aromatic rings. The van der Waals surface area contributed by atoms with Crippen LogP contribution in [0.1, 0.15) is 26.2 Å². The Bertz CT molecular complexity index is 110. The normalized spacial score (nSPS) is 29.3. The van der Waals surface area contributed by atoms with Crippen LogP contribution in [0.2, 0.25) is 0 Å². The fourth-order valence-corrected chi connectivity index (χ4v) is 2.24. The summed E-state index contributed by atoms with van der Waals surface area (Å²) in [6, 6.07) is 0. The van der Waals surface area contributed by atoms with Crippen LogP contribution >= 0.6 is 11.8 Å². The number of carbonyl (C=O) groups is 1. The Balaban J connectivity index is 2.27. The van der Waals surface area contributed by atoms with Gasteiger partial charge in [-0.1, -0.05) is 6.92 Å². The zero-order valence-corrected chi connectivity index (χ0v) is 7.25. The molecular weight excluding hydrogens is 144 g/mol. The third-order valence-electron chi connectivity index (χ3n) is 1.82. The van der Waals surface area contributed by atoms with Gasteiger partial charge in [0.25, 0.3) is 0 Å². The highest BCUT2D eigenvalue weighted by atomic mass is 32.2. The average Bonchev–Trinajstić information content (AvgIpc) is 1.84. The molecule has 1 nitrogen and oxygen atoms in total. The lowest BCUT2D eigenvalue weighted by Crippen LogP contribution is -2.09. The molecule has 2 heteroatoms. The molecule has 0 spiro atoms. The Hall–Kier alpha value is 0.0200. The number of thioether (sulfide) groups is 1. The van der Waals surface area contributed by atoms with Crippen molar-refractivity contribution in [3.05, 3.63) is 0 Å². The van der Waals surface area contributed by atoms with Crippen molar-refractivity contribution in [1.29, 1.82) is 0 Å². The van der Waals surface area contributed by atoms with Gasteiger partial charge in [-0.25, -0.2) is 0 Å². The van der Waals surface area contributed by atoms with Gasteiger partial charge in [-0.05, 0) is 24.5 Å². The smallest absolute Gasteiger partial charge is 0.142 e. The summed E-state index contributed by atoms with van der Waals surface area (Å²) in [7, 11) is 0. The molecule has 10 heavy (non-hydrogen) atoms. The first kappa shape index (κ1) is 8.12. The molecule has 0 bridgehead atoms. The summed E-state index contributed by atoms with van der Waals surface area (Å²) in [5.41, 5.74) is 0. The SMILES string of the molecule is CC1CCCC(=O)CSC1. The zero-order valence-electron chi connectivity index (χ0n) is 6.43. The van der Waals surface area contributed by atoms with Crippen molar-refractivity contribution < 1.29 is 4.79 Å². The summed E-state index contributed by atoms with van der Waals surface area (Å²) in [4.78, 5) is 10.9. The molecule has 0 amide bonds. The Kier molecular flexibility index (Phi) is 3.26. The molecule has 1 rings (SSSR count). The van der Waals surface area contributed by atoms with Crippen LogP contribution in [0.5, 0.6) is 0 Å². The maximum absolute atomic E-state index is 10.9. The highest BCUT2D eigenvalue weighted by molar-refractivity contribution is 7.99. The van der Waals surface area contributed by atoms with E-state index in [1.807, 2.05) is 0 Å². The van der Waals surface area contributed by atoms with Crippen LogP contribution in [-0.2, 0) is 4.79 Å². The molecule has 1 unspecified atom stereocenters. The first-order valence-electron chi connectivity index (χ1n) is 3.88. The lowest BCUT2D eigenvalue weighted by Gasteiger charge is -2.13. The van der Waals surface area contributed by atoms with Gasteiger partial charge >= 0.3 is 0 Å². The van der Waals surface area contributed by atoms with E-state index in [2.05, 4.69) is 6.92 Å². The number of hydrogen-bond acceptors (Lipinski definition) is 2. The Morgan fingerprint density at radius 1 is 1.60 bits per heavy atom. The molecule has 1 aliphatic heterocycles. The molecule has 1 saturated heterocycles. The molecule has 1 fully saturated rings. The second-order valence-electron chi connectivity index (χ2n) is 3.05. The maximum Gasteiger partial charge on any atom is 0.142 e. The van der Waals surface area contributed by atoms with Crippen molar-refractivity contribution in [2.45, 2.75) is 26.2 Å². The van der Waals surface area contributed by atoms with Crippen LogP contribution in [0.4, 0.5) is 0 Å². The van der Waals surface area contributed by atoms with Crippen LogP contribution in [-0.4, -0.2) is 17.3 Å². The molecule has 0 radical (unpaired) electrons. The molecule has 0 aromatic carbocycles. The Morgan fingerprint density at radius 2 is 2.40 bits per heavy atom. The largest absolute Gasteiger partial charge is 0.299 e. The maximum atomic E-state index is 10.9. The predicted molar refractivity (Wildman–Crippen MR) is 45.3 cm³/mol. The summed E-state index contributed by atoms with van der Waals surface area (Å²) in [6.07, 6.45) is 3.16. The van der Waals surface area contributed by atoms with Gasteiger partial charge in [0.2, 0.25) is 0 Å². The van der Waals surface area contributed by atoms with Crippen molar-refractivity contribution in [3.8, 4) is 0 Å². The minimum absolute atomic E-state index is 0.442. The monoisotopic (exact) mass is 158 g/mol. The zero-order chi connectivity index (χ0) is 7.40. The molecular formula is C8H14OS. The lowest BCUT2D eigenvalue weighted by atomic mass is 10.0. The van der Waals surface area contributed by atoms with Gasteiger partial charge in [0.1, 0.15) is 5.78 Å². The highest BCUT2D eigenvalue weighted by Gasteiger charge is 2.10. The number of Topliss-reactive ketones (excluding diaryl/α,β-unsaturated/α-hetero) is 1. The molecule has 0 N–H and O–H groups in total. The number of carbonyl (C=O) groups excluding carboxylic acids is 1. The van der Waals surface area contributed by atoms with E-state index in [4.69, 9.17) is 0 Å². The topological polar surface area (TPSA) is 17.1 Å². The van der Waals surface area contributed by atoms with Crippen molar-refractivity contribution in [1.82, 2.24) is 0 Å². The van der Waals surface area contributed by atoms with Crippen molar-refractivity contribution in [2.24, 2.45) is 5.92 Å². The van der Waals surface area contributed by atoms with Crippen LogP contribution in [0, 0.1) is 5.92 Å². The van der Waals surface area contributed by atoms with Gasteiger partial charge in [0.15, 0.2) is 0 Å². The summed E-state index contributed by atoms with van der Waals surface area (Å²) in [6.45, 7) is 2.27. The number of hydrogen-bond donors (Lipinski definition) is 0. The van der Waals surface area contributed by atoms with E-state index in [0.29, 0.717) is 5.78 Å². The van der Waals surface area contributed by atoms with Gasteiger partial charge in [0, 0.05) is 6.42 Å². The first-order chi connectivity index (χ1) is 4.79. The van der Waals surface area contributed by atoms with Crippen LogP contribution < -0.4 is 0 Å². The van der Waals surface area contributed by atoms with Crippen LogP contribution in [0.25, 0.3) is 0 Å². The molecule has 58 valence electrons. The third-order valence-corrected chi connectivity index (χ3v) is 3.15. The molecule has 1 atom stereocenters. The van der Waals surface area contributed by atoms with E-state index < -0.39 is 0 Å². The molecule has 1 heterocycles. The fraction of sp³-hybridized carbons (Fsp3) is 0.875. The summed E-state index contributed by atoms with van der Waals surface area (Å²) >= 11 is 1.80. The summed E-state index contributed by atoms with van der Waals surface area (Å²) < 4.78 is 0. The van der Waals surface area contributed by atoms with E-state index in [9.17, 15) is 4.79 Å². The minimum atomic E-state index is 0.442. The van der Waals surface area contributed by atoms with E-state index in [1.54, 1.807) is 11.8 Å². The van der Waals surface area contributed by atoms with Gasteiger partial charge in [-0.15, -0.1) is 0 Å². The minimum Gasteiger partial charge on any atom is -0.299 e. The Labute approximate surface area is 66.6 Å². The van der Waals surface area contributed by atoms with E-state index in [-0.39, 0.29) is 0 Å². The fourth-order valence-electron chi connectivity index (χ4n) is 1.18. The van der Waals surface area contributed by atoms with Gasteiger partial charge in [-0.2, -0.15) is 11.8 Å². The Morgan fingerprint density at radius 3 is 3.20 bits per heavy atom. The van der Waals surface area contributed by atoms with Crippen LogP contribution in [0.15, 0.2) is 0 Å². The lowest BCUT2D eigenvalue weighted by molar-refractivity contribution is -0.116. The standard InChI is InChI=1S/C8H14OS/c1-7-3-2-4-8(9)6-10-5-7/h7H,2-6H2,1H3. The van der Waals surface area contributed by atoms with E-state index in [1.165, 1.54) is 12.2 Å². The van der Waals surface area contributed by atoms with Crippen molar-refractivity contribution >= 4 is 17.5 Å². The van der Waals surface area contributed by atoms with Crippen LogP contribution in [0.3, 0.4) is 0 Å². The average molecular weight is 158 g/mol. The first-order valence-corrected chi connectivity index (χ1v) is 5.04. The quantitative estimate of drug-likeness (QED) is 0.537. The molecule has 0 aromatic heterocycles. The van der Waals surface area contributed by atoms with Gasteiger partial charge in [-0.3, -0.25) is 4.79 Å². The predicted octanol–water partition coefficient (Wildman–Crippen LogP) is 2.11. The van der Waals surface area contributed by atoms with E-state index >= 15 is 0 Å². The number of rotatable bonds is 0. The van der Waals surface area contributed by atoms with Crippen molar-refractivity contribution in [3.63, 3.8) is 0 Å². The second-order valence-corrected chi connectivity index (χ2v) is 4.08. The highest BCUT2D eigenvalue weighted by Crippen LogP contribution is 2.18. The van der Waals surface area contributed by atoms with Gasteiger partial charge in [0.05, 0.1) is 5.75 Å². The number of ketones is 1. The third kappa shape index (κ3) is 2.74.